The third kappa shape index (κ3) is 4.93. The van der Waals surface area contributed by atoms with E-state index in [0.29, 0.717) is 0 Å². The molecule has 7 aromatic carbocycles. The maximum Gasteiger partial charge on any atom is 0.0795 e. The van der Waals surface area contributed by atoms with Gasteiger partial charge in [0.1, 0.15) is 0 Å². The van der Waals surface area contributed by atoms with E-state index in [1.54, 1.807) is 0 Å². The average Bonchev–Trinajstić information content (AvgIpc) is 3.56. The SMILES string of the molecule is c1ccc(-c2ccc(-c3ccc(N(c4ccccc4-c4ccccc4)c4cccc5c4sc4ccc6cccnc6c45)cc3)cc2)cc1. The van der Waals surface area contributed by atoms with Gasteiger partial charge in [-0.05, 0) is 64.2 Å². The van der Waals surface area contributed by atoms with E-state index < -0.39 is 0 Å². The number of nitrogens with zero attached hydrogens (tertiary/aromatic N) is 2. The van der Waals surface area contributed by atoms with Gasteiger partial charge in [0.05, 0.1) is 21.6 Å². The Morgan fingerprint density at radius 3 is 1.77 bits per heavy atom. The Bertz CT molecular complexity index is 2540. The van der Waals surface area contributed by atoms with Crippen molar-refractivity contribution < 1.29 is 0 Å². The molecule has 3 heteroatoms. The van der Waals surface area contributed by atoms with Gasteiger partial charge in [-0.25, -0.2) is 0 Å². The molecule has 0 atom stereocenters. The summed E-state index contributed by atoms with van der Waals surface area (Å²) in [6.07, 6.45) is 1.90. The summed E-state index contributed by atoms with van der Waals surface area (Å²) in [6.45, 7) is 0. The first-order valence-electron chi connectivity index (χ1n) is 16.2. The maximum atomic E-state index is 4.83. The van der Waals surface area contributed by atoms with Crippen molar-refractivity contribution in [2.75, 3.05) is 4.90 Å². The standard InChI is InChI=1S/C45H30N2S/c1-3-11-31(12-4-1)32-20-22-33(23-21-32)34-24-27-37(28-25-34)47(40-18-8-7-16-38(40)35-13-5-2-6-14-35)41-19-9-17-39-43-42(48-45(39)41)29-26-36-15-10-30-46-44(36)43/h1-30H. The molecule has 0 aliphatic carbocycles. The zero-order chi connectivity index (χ0) is 31.9. The third-order valence-electron chi connectivity index (χ3n) is 9.13. The lowest BCUT2D eigenvalue weighted by Gasteiger charge is -2.28. The number of thiophene rings is 1. The number of fused-ring (bicyclic) bond motifs is 5. The first-order valence-corrected chi connectivity index (χ1v) is 17.0. The number of anilines is 3. The van der Waals surface area contributed by atoms with Crippen molar-refractivity contribution >= 4 is 59.5 Å². The number of pyridine rings is 1. The highest BCUT2D eigenvalue weighted by atomic mass is 32.1. The Labute approximate surface area is 283 Å². The lowest BCUT2D eigenvalue weighted by molar-refractivity contribution is 1.30. The number of rotatable bonds is 6. The van der Waals surface area contributed by atoms with Crippen LogP contribution < -0.4 is 4.90 Å². The molecule has 0 fully saturated rings. The molecule has 0 radical (unpaired) electrons. The minimum absolute atomic E-state index is 1.05. The summed E-state index contributed by atoms with van der Waals surface area (Å²) in [5.41, 5.74) is 11.7. The van der Waals surface area contributed by atoms with Crippen LogP contribution in [0, 0.1) is 0 Å². The van der Waals surface area contributed by atoms with Crippen molar-refractivity contribution in [1.29, 1.82) is 0 Å². The molecule has 226 valence electrons. The summed E-state index contributed by atoms with van der Waals surface area (Å²) in [4.78, 5) is 7.26. The molecule has 0 aliphatic rings. The van der Waals surface area contributed by atoms with Crippen molar-refractivity contribution in [3.63, 3.8) is 0 Å². The van der Waals surface area contributed by atoms with E-state index in [-0.39, 0.29) is 0 Å². The van der Waals surface area contributed by atoms with Gasteiger partial charge in [0.25, 0.3) is 0 Å². The molecule has 0 amide bonds. The first-order chi connectivity index (χ1) is 23.8. The van der Waals surface area contributed by atoms with Gasteiger partial charge in [-0.1, -0.05) is 140 Å². The fraction of sp³-hybridized carbons (Fsp3) is 0. The Hall–Kier alpha value is -6.03. The van der Waals surface area contributed by atoms with Crippen LogP contribution in [0.2, 0.25) is 0 Å². The second kappa shape index (κ2) is 12.0. The normalized spacial score (nSPS) is 11.3. The minimum Gasteiger partial charge on any atom is -0.308 e. The second-order valence-electron chi connectivity index (χ2n) is 12.0. The zero-order valence-corrected chi connectivity index (χ0v) is 26.9. The van der Waals surface area contributed by atoms with E-state index in [9.17, 15) is 0 Å². The molecular weight excluding hydrogens is 601 g/mol. The van der Waals surface area contributed by atoms with E-state index in [1.807, 2.05) is 23.6 Å². The smallest absolute Gasteiger partial charge is 0.0795 e. The monoisotopic (exact) mass is 630 g/mol. The minimum atomic E-state index is 1.05. The fourth-order valence-electron chi connectivity index (χ4n) is 6.81. The second-order valence-corrected chi connectivity index (χ2v) is 13.0. The van der Waals surface area contributed by atoms with Crippen molar-refractivity contribution in [3.05, 3.63) is 182 Å². The number of para-hydroxylation sites is 1. The summed E-state index contributed by atoms with van der Waals surface area (Å²) in [5.74, 6) is 0. The van der Waals surface area contributed by atoms with Gasteiger partial charge in [-0.15, -0.1) is 11.3 Å². The molecule has 0 unspecified atom stereocenters. The van der Waals surface area contributed by atoms with Gasteiger partial charge in [0.2, 0.25) is 0 Å². The highest BCUT2D eigenvalue weighted by Gasteiger charge is 2.21. The van der Waals surface area contributed by atoms with Crippen molar-refractivity contribution in [3.8, 4) is 33.4 Å². The van der Waals surface area contributed by atoms with Gasteiger partial charge in [-0.2, -0.15) is 0 Å². The van der Waals surface area contributed by atoms with E-state index >= 15 is 0 Å². The lowest BCUT2D eigenvalue weighted by atomic mass is 9.99. The molecule has 0 saturated heterocycles. The Kier molecular flexibility index (Phi) is 7.03. The van der Waals surface area contributed by atoms with Crippen molar-refractivity contribution in [1.82, 2.24) is 4.98 Å². The van der Waals surface area contributed by atoms with Crippen LogP contribution in [0.3, 0.4) is 0 Å². The van der Waals surface area contributed by atoms with Crippen LogP contribution in [0.4, 0.5) is 17.1 Å². The van der Waals surface area contributed by atoms with E-state index in [2.05, 4.69) is 175 Å². The zero-order valence-electron chi connectivity index (χ0n) is 26.1. The van der Waals surface area contributed by atoms with Crippen LogP contribution in [0.1, 0.15) is 0 Å². The molecule has 2 heterocycles. The van der Waals surface area contributed by atoms with Crippen LogP contribution in [0.25, 0.3) is 64.5 Å². The summed E-state index contributed by atoms with van der Waals surface area (Å²) < 4.78 is 2.49. The highest BCUT2D eigenvalue weighted by molar-refractivity contribution is 7.26. The van der Waals surface area contributed by atoms with Crippen LogP contribution in [0.15, 0.2) is 182 Å². The van der Waals surface area contributed by atoms with Crippen LogP contribution >= 0.6 is 11.3 Å². The van der Waals surface area contributed by atoms with Gasteiger partial charge < -0.3 is 4.90 Å². The highest BCUT2D eigenvalue weighted by Crippen LogP contribution is 2.48. The van der Waals surface area contributed by atoms with E-state index in [0.717, 1.165) is 28.0 Å². The summed E-state index contributed by atoms with van der Waals surface area (Å²) >= 11 is 1.84. The summed E-state index contributed by atoms with van der Waals surface area (Å²) in [6, 6.07) is 63.1. The predicted molar refractivity (Wildman–Crippen MR) is 206 cm³/mol. The maximum absolute atomic E-state index is 4.83. The van der Waals surface area contributed by atoms with Gasteiger partial charge in [-0.3, -0.25) is 4.98 Å². The Morgan fingerprint density at radius 2 is 1.04 bits per heavy atom. The van der Waals surface area contributed by atoms with Gasteiger partial charge >= 0.3 is 0 Å². The van der Waals surface area contributed by atoms with E-state index in [1.165, 1.54) is 53.6 Å². The summed E-state index contributed by atoms with van der Waals surface area (Å²) in [7, 11) is 0. The molecule has 48 heavy (non-hydrogen) atoms. The lowest BCUT2D eigenvalue weighted by Crippen LogP contribution is -2.11. The molecule has 9 rings (SSSR count). The number of hydrogen-bond acceptors (Lipinski definition) is 3. The molecule has 2 aromatic heterocycles. The van der Waals surface area contributed by atoms with Crippen LogP contribution in [-0.2, 0) is 0 Å². The molecule has 0 spiro atoms. The first kappa shape index (κ1) is 28.2. The molecule has 0 bridgehead atoms. The third-order valence-corrected chi connectivity index (χ3v) is 10.3. The van der Waals surface area contributed by atoms with Crippen molar-refractivity contribution in [2.45, 2.75) is 0 Å². The van der Waals surface area contributed by atoms with Gasteiger partial charge in [0.15, 0.2) is 0 Å². The molecule has 0 N–H and O–H groups in total. The largest absolute Gasteiger partial charge is 0.308 e. The summed E-state index contributed by atoms with van der Waals surface area (Å²) in [5, 5.41) is 3.61. The predicted octanol–water partition coefficient (Wildman–Crippen LogP) is 13.1. The molecule has 2 nitrogen and oxygen atoms in total. The van der Waals surface area contributed by atoms with Crippen LogP contribution in [-0.4, -0.2) is 4.98 Å². The van der Waals surface area contributed by atoms with Crippen LogP contribution in [0.5, 0.6) is 0 Å². The number of aromatic nitrogens is 1. The number of benzene rings is 7. The molecule has 0 saturated carbocycles. The fourth-order valence-corrected chi connectivity index (χ4v) is 8.02. The van der Waals surface area contributed by atoms with Crippen molar-refractivity contribution in [2.24, 2.45) is 0 Å². The Morgan fingerprint density at radius 1 is 0.438 bits per heavy atom. The topological polar surface area (TPSA) is 16.1 Å². The number of hydrogen-bond donors (Lipinski definition) is 0. The van der Waals surface area contributed by atoms with Gasteiger partial charge in [0, 0.05) is 38.3 Å². The molecule has 9 aromatic rings. The molecule has 0 aliphatic heterocycles. The molecular formula is C45H30N2S. The average molecular weight is 631 g/mol. The Balaban J connectivity index is 1.21. The van der Waals surface area contributed by atoms with E-state index in [4.69, 9.17) is 4.98 Å². The quantitative estimate of drug-likeness (QED) is 0.182.